The number of halogens is 1. The number of carbonyl (C=O) groups excluding carboxylic acids is 2. The Kier molecular flexibility index (Phi) is 5.27. The second-order valence-electron chi connectivity index (χ2n) is 7.54. The topological polar surface area (TPSA) is 43.9 Å². The highest BCUT2D eigenvalue weighted by molar-refractivity contribution is 6.30. The maximum absolute atomic E-state index is 13.0. The summed E-state index contributed by atoms with van der Waals surface area (Å²) in [6.45, 7) is 5.35. The molecule has 4 rings (SSSR count). The van der Waals surface area contributed by atoms with Crippen LogP contribution in [0.4, 0.5) is 11.4 Å². The fourth-order valence-electron chi connectivity index (χ4n) is 4.03. The van der Waals surface area contributed by atoms with Gasteiger partial charge in [-0.05, 0) is 42.8 Å². The monoisotopic (exact) mass is 397 g/mol. The number of carbonyl (C=O) groups is 2. The van der Waals surface area contributed by atoms with Crippen molar-refractivity contribution in [1.29, 1.82) is 0 Å². The fraction of sp³-hybridized carbons (Fsp3) is 0.364. The van der Waals surface area contributed by atoms with E-state index in [1.165, 1.54) is 0 Å². The zero-order valence-electron chi connectivity index (χ0n) is 16.0. The summed E-state index contributed by atoms with van der Waals surface area (Å²) in [4.78, 5) is 31.4. The van der Waals surface area contributed by atoms with E-state index >= 15 is 0 Å². The molecule has 2 aromatic rings. The van der Waals surface area contributed by atoms with Crippen LogP contribution in [0.5, 0.6) is 0 Å². The molecule has 0 bridgehead atoms. The summed E-state index contributed by atoms with van der Waals surface area (Å²) < 4.78 is 0. The highest BCUT2D eigenvalue weighted by Crippen LogP contribution is 2.28. The Morgan fingerprint density at radius 3 is 2.43 bits per heavy atom. The first-order chi connectivity index (χ1) is 13.5. The first kappa shape index (κ1) is 18.8. The number of nitrogens with zero attached hydrogens (tertiary/aromatic N) is 3. The van der Waals surface area contributed by atoms with Gasteiger partial charge in [-0.15, -0.1) is 0 Å². The van der Waals surface area contributed by atoms with Gasteiger partial charge in [0.15, 0.2) is 0 Å². The molecular weight excluding hydrogens is 374 g/mol. The molecule has 0 N–H and O–H groups in total. The minimum atomic E-state index is -0.259. The summed E-state index contributed by atoms with van der Waals surface area (Å²) in [7, 11) is 0. The van der Waals surface area contributed by atoms with E-state index < -0.39 is 0 Å². The Labute approximate surface area is 170 Å². The second-order valence-corrected chi connectivity index (χ2v) is 7.97. The van der Waals surface area contributed by atoms with Crippen molar-refractivity contribution in [1.82, 2.24) is 4.90 Å². The molecule has 0 radical (unpaired) electrons. The first-order valence-corrected chi connectivity index (χ1v) is 10.1. The van der Waals surface area contributed by atoms with Gasteiger partial charge < -0.3 is 14.7 Å². The van der Waals surface area contributed by atoms with Crippen molar-refractivity contribution in [2.75, 3.05) is 42.5 Å². The van der Waals surface area contributed by atoms with Gasteiger partial charge in [0.2, 0.25) is 11.8 Å². The van der Waals surface area contributed by atoms with Crippen molar-refractivity contribution in [3.63, 3.8) is 0 Å². The molecule has 6 heteroatoms. The van der Waals surface area contributed by atoms with Crippen LogP contribution >= 0.6 is 11.6 Å². The van der Waals surface area contributed by atoms with Crippen molar-refractivity contribution in [3.05, 3.63) is 59.1 Å². The van der Waals surface area contributed by atoms with E-state index in [-0.39, 0.29) is 17.7 Å². The minimum Gasteiger partial charge on any atom is -0.368 e. The zero-order chi connectivity index (χ0) is 19.7. The molecular formula is C22H24ClN3O2. The molecule has 0 spiro atoms. The molecule has 2 aliphatic rings. The van der Waals surface area contributed by atoms with Gasteiger partial charge in [0.1, 0.15) is 0 Å². The van der Waals surface area contributed by atoms with Gasteiger partial charge in [0, 0.05) is 55.5 Å². The van der Waals surface area contributed by atoms with Crippen LogP contribution in [0.3, 0.4) is 0 Å². The van der Waals surface area contributed by atoms with E-state index in [0.29, 0.717) is 26.1 Å². The molecule has 1 atom stereocenters. The molecule has 146 valence electrons. The second kappa shape index (κ2) is 7.84. The van der Waals surface area contributed by atoms with Gasteiger partial charge in [-0.25, -0.2) is 0 Å². The SMILES string of the molecule is Cc1cccc(N2CC(C(=O)N3CCN(c4cccc(Cl)c4)CC3)CC2=O)c1. The maximum atomic E-state index is 13.0. The van der Waals surface area contributed by atoms with Gasteiger partial charge in [-0.1, -0.05) is 29.8 Å². The van der Waals surface area contributed by atoms with Crippen molar-refractivity contribution in [2.24, 2.45) is 5.92 Å². The number of anilines is 2. The van der Waals surface area contributed by atoms with Crippen LogP contribution in [-0.4, -0.2) is 49.4 Å². The van der Waals surface area contributed by atoms with E-state index in [2.05, 4.69) is 4.90 Å². The summed E-state index contributed by atoms with van der Waals surface area (Å²) in [6, 6.07) is 15.7. The van der Waals surface area contributed by atoms with E-state index in [1.807, 2.05) is 60.4 Å². The van der Waals surface area contributed by atoms with Crippen LogP contribution in [0.1, 0.15) is 12.0 Å². The first-order valence-electron chi connectivity index (χ1n) is 9.67. The third kappa shape index (κ3) is 3.85. The van der Waals surface area contributed by atoms with E-state index in [1.54, 1.807) is 4.90 Å². The Bertz CT molecular complexity index is 893. The molecule has 2 saturated heterocycles. The third-order valence-corrected chi connectivity index (χ3v) is 5.79. The van der Waals surface area contributed by atoms with Crippen molar-refractivity contribution < 1.29 is 9.59 Å². The van der Waals surface area contributed by atoms with Crippen molar-refractivity contribution in [3.8, 4) is 0 Å². The largest absolute Gasteiger partial charge is 0.368 e. The number of amides is 2. The van der Waals surface area contributed by atoms with Gasteiger partial charge in [-0.3, -0.25) is 9.59 Å². The minimum absolute atomic E-state index is 0.0292. The predicted octanol–water partition coefficient (Wildman–Crippen LogP) is 3.35. The molecule has 2 aromatic carbocycles. The lowest BCUT2D eigenvalue weighted by Gasteiger charge is -2.37. The van der Waals surface area contributed by atoms with Gasteiger partial charge in [-0.2, -0.15) is 0 Å². The van der Waals surface area contributed by atoms with Crippen LogP contribution < -0.4 is 9.80 Å². The summed E-state index contributed by atoms with van der Waals surface area (Å²) in [5.74, 6) is -0.138. The van der Waals surface area contributed by atoms with Crippen LogP contribution in [0, 0.1) is 12.8 Å². The zero-order valence-corrected chi connectivity index (χ0v) is 16.7. The average Bonchev–Trinajstić information content (AvgIpc) is 3.09. The lowest BCUT2D eigenvalue weighted by Crippen LogP contribution is -2.50. The fourth-order valence-corrected chi connectivity index (χ4v) is 4.22. The van der Waals surface area contributed by atoms with Crippen LogP contribution in [0.2, 0.25) is 5.02 Å². The summed E-state index contributed by atoms with van der Waals surface area (Å²) >= 11 is 6.09. The number of hydrogen-bond acceptors (Lipinski definition) is 3. The maximum Gasteiger partial charge on any atom is 0.228 e. The van der Waals surface area contributed by atoms with Crippen molar-refractivity contribution >= 4 is 34.8 Å². The lowest BCUT2D eigenvalue weighted by molar-refractivity contribution is -0.136. The smallest absolute Gasteiger partial charge is 0.228 e. The molecule has 0 saturated carbocycles. The Balaban J connectivity index is 1.37. The Morgan fingerprint density at radius 1 is 1.00 bits per heavy atom. The van der Waals surface area contributed by atoms with Crippen molar-refractivity contribution in [2.45, 2.75) is 13.3 Å². The number of aryl methyl sites for hydroxylation is 1. The van der Waals surface area contributed by atoms with E-state index in [0.717, 1.165) is 35.1 Å². The molecule has 0 aromatic heterocycles. The Morgan fingerprint density at radius 2 is 1.71 bits per heavy atom. The number of piperazine rings is 1. The number of rotatable bonds is 3. The van der Waals surface area contributed by atoms with E-state index in [4.69, 9.17) is 11.6 Å². The van der Waals surface area contributed by atoms with Gasteiger partial charge in [0.25, 0.3) is 0 Å². The molecule has 2 heterocycles. The number of hydrogen-bond donors (Lipinski definition) is 0. The molecule has 28 heavy (non-hydrogen) atoms. The third-order valence-electron chi connectivity index (χ3n) is 5.55. The lowest BCUT2D eigenvalue weighted by atomic mass is 10.1. The molecule has 1 unspecified atom stereocenters. The van der Waals surface area contributed by atoms with Gasteiger partial charge >= 0.3 is 0 Å². The Hall–Kier alpha value is -2.53. The van der Waals surface area contributed by atoms with Gasteiger partial charge in [0.05, 0.1) is 5.92 Å². The predicted molar refractivity (Wildman–Crippen MR) is 112 cm³/mol. The average molecular weight is 398 g/mol. The molecule has 2 aliphatic heterocycles. The summed E-state index contributed by atoms with van der Waals surface area (Å²) in [6.07, 6.45) is 0.293. The van der Waals surface area contributed by atoms with Crippen LogP contribution in [0.15, 0.2) is 48.5 Å². The normalized spacial score (nSPS) is 20.0. The highest BCUT2D eigenvalue weighted by Gasteiger charge is 2.38. The van der Waals surface area contributed by atoms with Crippen LogP contribution in [0.25, 0.3) is 0 Å². The summed E-state index contributed by atoms with van der Waals surface area (Å²) in [5, 5.41) is 0.719. The molecule has 0 aliphatic carbocycles. The standard InChI is InChI=1S/C22H24ClN3O2/c1-16-4-2-7-20(12-16)26-15-17(13-21(26)27)22(28)25-10-8-24(9-11-25)19-6-3-5-18(23)14-19/h2-7,12,14,17H,8-11,13,15H2,1H3. The quantitative estimate of drug-likeness (QED) is 0.797. The molecule has 2 fully saturated rings. The van der Waals surface area contributed by atoms with E-state index in [9.17, 15) is 9.59 Å². The molecule has 5 nitrogen and oxygen atoms in total. The highest BCUT2D eigenvalue weighted by atomic mass is 35.5. The van der Waals surface area contributed by atoms with Crippen LogP contribution in [-0.2, 0) is 9.59 Å². The summed E-state index contributed by atoms with van der Waals surface area (Å²) in [5.41, 5.74) is 3.07. The number of benzene rings is 2. The molecule has 2 amide bonds.